The Kier molecular flexibility index (Phi) is 4.55. The molecule has 15 heavy (non-hydrogen) atoms. The Morgan fingerprint density at radius 3 is 2.67 bits per heavy atom. The summed E-state index contributed by atoms with van der Waals surface area (Å²) in [5.74, 6) is -0.181. The highest BCUT2D eigenvalue weighted by Gasteiger charge is 2.22. The molecule has 2 amide bonds. The second-order valence-corrected chi connectivity index (χ2v) is 3.90. The number of nitrogens with one attached hydrogen (secondary N) is 2. The molecule has 0 spiro atoms. The molecule has 86 valence electrons. The maximum Gasteiger partial charge on any atom is 0.236 e. The van der Waals surface area contributed by atoms with E-state index in [-0.39, 0.29) is 11.8 Å². The maximum atomic E-state index is 11.2. The third kappa shape index (κ3) is 4.78. The molecule has 1 aliphatic carbocycles. The van der Waals surface area contributed by atoms with Gasteiger partial charge in [0.2, 0.25) is 11.8 Å². The van der Waals surface area contributed by atoms with E-state index in [1.54, 1.807) is 0 Å². The SMILES string of the molecule is CCC(N)C(=O)NCCC(=O)NC1CC1. The summed E-state index contributed by atoms with van der Waals surface area (Å²) in [5.41, 5.74) is 5.51. The first kappa shape index (κ1) is 12.0. The predicted octanol–water partition coefficient (Wildman–Crippen LogP) is -0.491. The Labute approximate surface area is 89.8 Å². The summed E-state index contributed by atoms with van der Waals surface area (Å²) < 4.78 is 0. The van der Waals surface area contributed by atoms with Crippen LogP contribution in [-0.2, 0) is 9.59 Å². The van der Waals surface area contributed by atoms with Crippen molar-refractivity contribution in [2.45, 2.75) is 44.7 Å². The molecule has 0 aromatic carbocycles. The summed E-state index contributed by atoms with van der Waals surface area (Å²) in [6.45, 7) is 2.22. The highest BCUT2D eigenvalue weighted by molar-refractivity contribution is 5.82. The first-order valence-electron chi connectivity index (χ1n) is 5.46. The monoisotopic (exact) mass is 213 g/mol. The van der Waals surface area contributed by atoms with E-state index in [4.69, 9.17) is 5.73 Å². The van der Waals surface area contributed by atoms with Gasteiger partial charge in [-0.25, -0.2) is 0 Å². The van der Waals surface area contributed by atoms with Gasteiger partial charge in [0.1, 0.15) is 0 Å². The average molecular weight is 213 g/mol. The van der Waals surface area contributed by atoms with Crippen LogP contribution in [0, 0.1) is 0 Å². The van der Waals surface area contributed by atoms with Crippen LogP contribution in [0.4, 0.5) is 0 Å². The smallest absolute Gasteiger partial charge is 0.236 e. The fourth-order valence-corrected chi connectivity index (χ4v) is 1.14. The molecule has 1 rings (SSSR count). The van der Waals surface area contributed by atoms with Gasteiger partial charge in [-0.1, -0.05) is 6.92 Å². The standard InChI is InChI=1S/C10H19N3O2/c1-2-8(11)10(15)12-6-5-9(14)13-7-3-4-7/h7-8H,2-6,11H2,1H3,(H,12,15)(H,13,14). The van der Waals surface area contributed by atoms with Gasteiger partial charge in [-0.15, -0.1) is 0 Å². The second-order valence-electron chi connectivity index (χ2n) is 3.90. The van der Waals surface area contributed by atoms with E-state index in [1.165, 1.54) is 0 Å². The number of carbonyl (C=O) groups excluding carboxylic acids is 2. The van der Waals surface area contributed by atoms with E-state index in [9.17, 15) is 9.59 Å². The predicted molar refractivity (Wildman–Crippen MR) is 57.1 cm³/mol. The minimum atomic E-state index is -0.462. The van der Waals surface area contributed by atoms with Gasteiger partial charge < -0.3 is 16.4 Å². The largest absolute Gasteiger partial charge is 0.354 e. The molecule has 0 aromatic heterocycles. The molecule has 1 fully saturated rings. The van der Waals surface area contributed by atoms with Gasteiger partial charge in [0.15, 0.2) is 0 Å². The topological polar surface area (TPSA) is 84.2 Å². The molecule has 5 nitrogen and oxygen atoms in total. The minimum Gasteiger partial charge on any atom is -0.354 e. The van der Waals surface area contributed by atoms with Crippen LogP contribution >= 0.6 is 0 Å². The summed E-state index contributed by atoms with van der Waals surface area (Å²) in [6.07, 6.45) is 3.11. The van der Waals surface area contributed by atoms with Crippen LogP contribution in [0.3, 0.4) is 0 Å². The van der Waals surface area contributed by atoms with Crippen LogP contribution in [0.2, 0.25) is 0 Å². The van der Waals surface area contributed by atoms with Crippen molar-refractivity contribution in [1.82, 2.24) is 10.6 Å². The Bertz CT molecular complexity index is 239. The minimum absolute atomic E-state index is 0.00266. The fraction of sp³-hybridized carbons (Fsp3) is 0.800. The molecule has 0 aliphatic heterocycles. The lowest BCUT2D eigenvalue weighted by Gasteiger charge is -2.09. The molecule has 1 unspecified atom stereocenters. The van der Waals surface area contributed by atoms with Crippen molar-refractivity contribution in [3.8, 4) is 0 Å². The lowest BCUT2D eigenvalue weighted by Crippen LogP contribution is -2.41. The van der Waals surface area contributed by atoms with Crippen molar-refractivity contribution in [2.75, 3.05) is 6.54 Å². The quantitative estimate of drug-likeness (QED) is 0.556. The number of amides is 2. The number of hydrogen-bond acceptors (Lipinski definition) is 3. The van der Waals surface area contributed by atoms with Gasteiger partial charge in [0.05, 0.1) is 6.04 Å². The van der Waals surface area contributed by atoms with E-state index in [0.29, 0.717) is 25.4 Å². The lowest BCUT2D eigenvalue weighted by molar-refractivity contribution is -0.123. The molecule has 5 heteroatoms. The van der Waals surface area contributed by atoms with Gasteiger partial charge in [0, 0.05) is 19.0 Å². The molecule has 1 atom stereocenters. The van der Waals surface area contributed by atoms with E-state index in [0.717, 1.165) is 12.8 Å². The van der Waals surface area contributed by atoms with Crippen LogP contribution in [0.1, 0.15) is 32.6 Å². The summed E-state index contributed by atoms with van der Waals surface area (Å²) in [6, 6.07) is -0.0809. The number of carbonyl (C=O) groups is 2. The van der Waals surface area contributed by atoms with E-state index >= 15 is 0 Å². The molecule has 0 bridgehead atoms. The summed E-state index contributed by atoms with van der Waals surface area (Å²) in [4.78, 5) is 22.4. The van der Waals surface area contributed by atoms with Gasteiger partial charge in [-0.3, -0.25) is 9.59 Å². The van der Waals surface area contributed by atoms with Crippen LogP contribution in [0.25, 0.3) is 0 Å². The molecular formula is C10H19N3O2. The highest BCUT2D eigenvalue weighted by atomic mass is 16.2. The van der Waals surface area contributed by atoms with Crippen molar-refractivity contribution in [1.29, 1.82) is 0 Å². The Morgan fingerprint density at radius 1 is 1.47 bits per heavy atom. The van der Waals surface area contributed by atoms with Crippen LogP contribution in [-0.4, -0.2) is 30.4 Å². The van der Waals surface area contributed by atoms with Crippen molar-refractivity contribution in [3.63, 3.8) is 0 Å². The molecule has 4 N–H and O–H groups in total. The van der Waals surface area contributed by atoms with Gasteiger partial charge in [-0.2, -0.15) is 0 Å². The Morgan fingerprint density at radius 2 is 2.13 bits per heavy atom. The molecule has 0 aromatic rings. The van der Waals surface area contributed by atoms with Crippen molar-refractivity contribution in [2.24, 2.45) is 5.73 Å². The first-order chi connectivity index (χ1) is 7.13. The van der Waals surface area contributed by atoms with Crippen molar-refractivity contribution < 1.29 is 9.59 Å². The fourth-order valence-electron chi connectivity index (χ4n) is 1.14. The molecule has 1 aliphatic rings. The molecule has 0 radical (unpaired) electrons. The summed E-state index contributed by atoms with van der Waals surface area (Å²) in [5, 5.41) is 5.48. The van der Waals surface area contributed by atoms with E-state index in [2.05, 4.69) is 10.6 Å². The zero-order valence-corrected chi connectivity index (χ0v) is 9.08. The number of hydrogen-bond donors (Lipinski definition) is 3. The Hall–Kier alpha value is -1.10. The summed E-state index contributed by atoms with van der Waals surface area (Å²) in [7, 11) is 0. The zero-order valence-electron chi connectivity index (χ0n) is 9.08. The van der Waals surface area contributed by atoms with E-state index < -0.39 is 6.04 Å². The third-order valence-electron chi connectivity index (χ3n) is 2.37. The van der Waals surface area contributed by atoms with Gasteiger partial charge in [-0.05, 0) is 19.3 Å². The second kappa shape index (κ2) is 5.70. The van der Waals surface area contributed by atoms with Crippen molar-refractivity contribution >= 4 is 11.8 Å². The van der Waals surface area contributed by atoms with E-state index in [1.807, 2.05) is 6.92 Å². The van der Waals surface area contributed by atoms with Gasteiger partial charge >= 0.3 is 0 Å². The maximum absolute atomic E-state index is 11.2. The summed E-state index contributed by atoms with van der Waals surface area (Å²) >= 11 is 0. The molecular weight excluding hydrogens is 194 g/mol. The van der Waals surface area contributed by atoms with Crippen molar-refractivity contribution in [3.05, 3.63) is 0 Å². The Balaban J connectivity index is 2.04. The first-order valence-corrected chi connectivity index (χ1v) is 5.46. The van der Waals surface area contributed by atoms with Gasteiger partial charge in [0.25, 0.3) is 0 Å². The molecule has 0 saturated heterocycles. The van der Waals surface area contributed by atoms with Crippen LogP contribution in [0.5, 0.6) is 0 Å². The lowest BCUT2D eigenvalue weighted by atomic mass is 10.2. The number of nitrogens with two attached hydrogens (primary N) is 1. The zero-order chi connectivity index (χ0) is 11.3. The normalized spacial score (nSPS) is 16.9. The third-order valence-corrected chi connectivity index (χ3v) is 2.37. The molecule has 1 saturated carbocycles. The average Bonchev–Trinajstić information content (AvgIpc) is 3.00. The molecule has 0 heterocycles. The number of rotatable bonds is 6. The van der Waals surface area contributed by atoms with Crippen LogP contribution < -0.4 is 16.4 Å². The van der Waals surface area contributed by atoms with Crippen LogP contribution in [0.15, 0.2) is 0 Å². The highest BCUT2D eigenvalue weighted by Crippen LogP contribution is 2.18.